The van der Waals surface area contributed by atoms with E-state index in [-0.39, 0.29) is 17.6 Å². The highest BCUT2D eigenvalue weighted by Gasteiger charge is 2.51. The van der Waals surface area contributed by atoms with Gasteiger partial charge >= 0.3 is 0 Å². The average molecular weight is 334 g/mol. The Kier molecular flexibility index (Phi) is 3.95. The van der Waals surface area contributed by atoms with Crippen molar-refractivity contribution in [3.05, 3.63) is 24.5 Å². The summed E-state index contributed by atoms with van der Waals surface area (Å²) in [6.45, 7) is 1.60. The zero-order valence-corrected chi connectivity index (χ0v) is 13.7. The molecule has 1 amide bonds. The summed E-state index contributed by atoms with van der Waals surface area (Å²) in [5.74, 6) is 0.386. The first-order chi connectivity index (χ1) is 11.6. The Labute approximate surface area is 141 Å². The molecule has 4 rings (SSSR count). The van der Waals surface area contributed by atoms with Gasteiger partial charge in [-0.2, -0.15) is 0 Å². The second-order valence-corrected chi connectivity index (χ2v) is 7.28. The van der Waals surface area contributed by atoms with Gasteiger partial charge in [-0.1, -0.05) is 0 Å². The largest absolute Gasteiger partial charge is 0.486 e. The number of nitrogens with zero attached hydrogens (tertiary/aromatic N) is 2. The molecule has 6 heteroatoms. The Morgan fingerprint density at radius 3 is 2.96 bits per heavy atom. The van der Waals surface area contributed by atoms with Crippen LogP contribution in [0.4, 0.5) is 4.39 Å². The Morgan fingerprint density at radius 2 is 2.25 bits per heavy atom. The number of rotatable bonds is 3. The molecule has 2 saturated heterocycles. The van der Waals surface area contributed by atoms with Crippen LogP contribution in [0.15, 0.2) is 24.5 Å². The van der Waals surface area contributed by atoms with Crippen molar-refractivity contribution in [2.45, 2.75) is 55.9 Å². The van der Waals surface area contributed by atoms with Gasteiger partial charge in [-0.3, -0.25) is 9.78 Å². The number of halogens is 1. The Balaban J connectivity index is 1.39. The Hall–Kier alpha value is -1.69. The molecule has 24 heavy (non-hydrogen) atoms. The van der Waals surface area contributed by atoms with Crippen molar-refractivity contribution < 1.29 is 18.7 Å². The summed E-state index contributed by atoms with van der Waals surface area (Å²) in [6, 6.07) is 3.71. The number of carbonyl (C=O) groups excluding carboxylic acids is 1. The summed E-state index contributed by atoms with van der Waals surface area (Å²) >= 11 is 0. The van der Waals surface area contributed by atoms with Crippen LogP contribution in [0.1, 0.15) is 38.5 Å². The van der Waals surface area contributed by atoms with Crippen molar-refractivity contribution in [1.29, 1.82) is 0 Å². The second-order valence-electron chi connectivity index (χ2n) is 7.28. The average Bonchev–Trinajstić information content (AvgIpc) is 2.95. The van der Waals surface area contributed by atoms with E-state index < -0.39 is 5.67 Å². The number of aromatic nitrogens is 1. The van der Waals surface area contributed by atoms with Crippen LogP contribution in [0.3, 0.4) is 0 Å². The lowest BCUT2D eigenvalue weighted by atomic mass is 9.79. The molecule has 1 aliphatic carbocycles. The molecule has 1 spiro atoms. The van der Waals surface area contributed by atoms with E-state index in [1.807, 2.05) is 12.1 Å². The quantitative estimate of drug-likeness (QED) is 0.852. The van der Waals surface area contributed by atoms with Crippen LogP contribution in [0, 0.1) is 0 Å². The summed E-state index contributed by atoms with van der Waals surface area (Å²) in [6.07, 6.45) is 7.34. The van der Waals surface area contributed by atoms with E-state index in [0.29, 0.717) is 32.5 Å². The maximum absolute atomic E-state index is 14.5. The van der Waals surface area contributed by atoms with Gasteiger partial charge in [-0.15, -0.1) is 0 Å². The summed E-state index contributed by atoms with van der Waals surface area (Å²) in [5, 5.41) is 0. The van der Waals surface area contributed by atoms with Gasteiger partial charge in [0, 0.05) is 25.7 Å². The van der Waals surface area contributed by atoms with E-state index >= 15 is 0 Å². The van der Waals surface area contributed by atoms with Gasteiger partial charge in [0.2, 0.25) is 0 Å². The number of amides is 1. The highest BCUT2D eigenvalue weighted by molar-refractivity contribution is 5.86. The van der Waals surface area contributed by atoms with Gasteiger partial charge in [-0.05, 0) is 44.2 Å². The number of ether oxygens (including phenoxy) is 2. The number of alkyl halides is 1. The standard InChI is InChI=1S/C18H23FN2O3/c19-18(6-2-7-18)16(22)21-9-3-5-17(13-21)10-15(12-23-17)24-14-4-1-8-20-11-14/h1,4,8,11,15H,2-3,5-7,9-10,12-13H2/t15-,17+/m1/s1. The summed E-state index contributed by atoms with van der Waals surface area (Å²) in [4.78, 5) is 18.2. The third-order valence-electron chi connectivity index (χ3n) is 5.47. The molecule has 3 fully saturated rings. The highest BCUT2D eigenvalue weighted by atomic mass is 19.1. The number of hydrogen-bond acceptors (Lipinski definition) is 4. The molecule has 0 bridgehead atoms. The van der Waals surface area contributed by atoms with Gasteiger partial charge in [0.25, 0.3) is 5.91 Å². The smallest absolute Gasteiger partial charge is 0.260 e. The third kappa shape index (κ3) is 2.88. The molecular weight excluding hydrogens is 311 g/mol. The zero-order valence-electron chi connectivity index (χ0n) is 13.7. The number of pyridine rings is 1. The molecule has 0 N–H and O–H groups in total. The minimum absolute atomic E-state index is 0.0488. The SMILES string of the molecule is O=C(N1CCC[C@]2(C[C@@H](Oc3cccnc3)CO2)C1)C1(F)CCC1. The predicted molar refractivity (Wildman–Crippen MR) is 85.5 cm³/mol. The molecule has 1 saturated carbocycles. The van der Waals surface area contributed by atoms with Crippen LogP contribution < -0.4 is 4.74 Å². The fourth-order valence-electron chi connectivity index (χ4n) is 4.03. The predicted octanol–water partition coefficient (Wildman–Crippen LogP) is 2.50. The lowest BCUT2D eigenvalue weighted by Gasteiger charge is -2.44. The summed E-state index contributed by atoms with van der Waals surface area (Å²) < 4.78 is 26.4. The lowest BCUT2D eigenvalue weighted by molar-refractivity contribution is -0.157. The van der Waals surface area contributed by atoms with Crippen LogP contribution in [-0.2, 0) is 9.53 Å². The van der Waals surface area contributed by atoms with Crippen LogP contribution in [-0.4, -0.2) is 52.9 Å². The fourth-order valence-corrected chi connectivity index (χ4v) is 4.03. The molecule has 130 valence electrons. The molecule has 1 aromatic rings. The summed E-state index contributed by atoms with van der Waals surface area (Å²) in [7, 11) is 0. The van der Waals surface area contributed by atoms with Gasteiger partial charge in [0.15, 0.2) is 5.67 Å². The minimum Gasteiger partial charge on any atom is -0.486 e. The topological polar surface area (TPSA) is 51.7 Å². The van der Waals surface area contributed by atoms with Crippen molar-refractivity contribution in [2.75, 3.05) is 19.7 Å². The zero-order chi connectivity index (χ0) is 16.6. The second kappa shape index (κ2) is 5.99. The monoisotopic (exact) mass is 334 g/mol. The molecule has 3 aliphatic rings. The lowest BCUT2D eigenvalue weighted by Crippen LogP contribution is -2.57. The third-order valence-corrected chi connectivity index (χ3v) is 5.47. The van der Waals surface area contributed by atoms with Gasteiger partial charge in [0.1, 0.15) is 11.9 Å². The van der Waals surface area contributed by atoms with E-state index in [2.05, 4.69) is 4.98 Å². The number of likely N-dealkylation sites (tertiary alicyclic amines) is 1. The van der Waals surface area contributed by atoms with Gasteiger partial charge < -0.3 is 14.4 Å². The Morgan fingerprint density at radius 1 is 1.38 bits per heavy atom. The van der Waals surface area contributed by atoms with E-state index in [4.69, 9.17) is 9.47 Å². The fraction of sp³-hybridized carbons (Fsp3) is 0.667. The number of carbonyl (C=O) groups is 1. The van der Waals surface area contributed by atoms with Crippen LogP contribution in [0.5, 0.6) is 5.75 Å². The van der Waals surface area contributed by atoms with Crippen molar-refractivity contribution in [2.24, 2.45) is 0 Å². The van der Waals surface area contributed by atoms with E-state index in [0.717, 1.165) is 31.4 Å². The maximum Gasteiger partial charge on any atom is 0.260 e. The van der Waals surface area contributed by atoms with E-state index in [9.17, 15) is 9.18 Å². The van der Waals surface area contributed by atoms with Crippen LogP contribution in [0.25, 0.3) is 0 Å². The van der Waals surface area contributed by atoms with E-state index in [1.54, 1.807) is 17.3 Å². The number of piperidine rings is 1. The van der Waals surface area contributed by atoms with Crippen molar-refractivity contribution in [1.82, 2.24) is 9.88 Å². The minimum atomic E-state index is -1.62. The van der Waals surface area contributed by atoms with Crippen molar-refractivity contribution in [3.8, 4) is 5.75 Å². The molecule has 5 nitrogen and oxygen atoms in total. The van der Waals surface area contributed by atoms with Crippen LogP contribution in [0.2, 0.25) is 0 Å². The van der Waals surface area contributed by atoms with Crippen molar-refractivity contribution >= 4 is 5.91 Å². The van der Waals surface area contributed by atoms with Gasteiger partial charge in [-0.25, -0.2) is 4.39 Å². The van der Waals surface area contributed by atoms with Gasteiger partial charge in [0.05, 0.1) is 18.4 Å². The molecule has 0 radical (unpaired) electrons. The number of hydrogen-bond donors (Lipinski definition) is 0. The molecule has 0 unspecified atom stereocenters. The molecule has 3 heterocycles. The molecule has 1 aromatic heterocycles. The highest BCUT2D eigenvalue weighted by Crippen LogP contribution is 2.41. The first kappa shape index (κ1) is 15.8. The first-order valence-corrected chi connectivity index (χ1v) is 8.78. The molecule has 2 aliphatic heterocycles. The first-order valence-electron chi connectivity index (χ1n) is 8.78. The molecule has 2 atom stereocenters. The maximum atomic E-state index is 14.5. The molecule has 0 aromatic carbocycles. The molecular formula is C18H23FN2O3. The summed E-state index contributed by atoms with van der Waals surface area (Å²) in [5.41, 5.74) is -2.01. The normalized spacial score (nSPS) is 31.7. The van der Waals surface area contributed by atoms with E-state index in [1.165, 1.54) is 0 Å². The van der Waals surface area contributed by atoms with Crippen LogP contribution >= 0.6 is 0 Å². The van der Waals surface area contributed by atoms with Crippen molar-refractivity contribution in [3.63, 3.8) is 0 Å². The Bertz CT molecular complexity index is 608.